The van der Waals surface area contributed by atoms with Crippen molar-refractivity contribution in [1.82, 2.24) is 20.8 Å². The molecule has 4 heteroatoms. The van der Waals surface area contributed by atoms with Gasteiger partial charge in [0, 0.05) is 18.5 Å². The monoisotopic (exact) mass is 188 g/mol. The van der Waals surface area contributed by atoms with Gasteiger partial charge in [0.2, 0.25) is 0 Å². The predicted molar refractivity (Wildman–Crippen MR) is 54.8 cm³/mol. The summed E-state index contributed by atoms with van der Waals surface area (Å²) in [6.07, 6.45) is 0.224. The molecule has 1 aromatic heterocycles. The fraction of sp³-hybridized carbons (Fsp3) is 0.300. The number of aromatic nitrogens is 2. The number of hydrogen-bond donors (Lipinski definition) is 3. The van der Waals surface area contributed by atoms with Crippen molar-refractivity contribution < 1.29 is 0 Å². The van der Waals surface area contributed by atoms with Gasteiger partial charge in [0.1, 0.15) is 6.17 Å². The molecule has 0 amide bonds. The molecule has 1 aliphatic heterocycles. The van der Waals surface area contributed by atoms with Crippen molar-refractivity contribution in [2.24, 2.45) is 0 Å². The summed E-state index contributed by atoms with van der Waals surface area (Å²) in [6.45, 7) is 2.02. The van der Waals surface area contributed by atoms with Crippen molar-refractivity contribution in [3.63, 3.8) is 0 Å². The van der Waals surface area contributed by atoms with E-state index in [2.05, 4.69) is 26.9 Å². The number of fused-ring (bicyclic) bond motifs is 1. The van der Waals surface area contributed by atoms with E-state index in [9.17, 15) is 0 Å². The van der Waals surface area contributed by atoms with Gasteiger partial charge in [0.05, 0.1) is 11.2 Å². The van der Waals surface area contributed by atoms with Crippen LogP contribution in [0.15, 0.2) is 24.3 Å². The van der Waals surface area contributed by atoms with E-state index in [1.807, 2.05) is 18.2 Å². The first-order valence-electron chi connectivity index (χ1n) is 4.85. The third-order valence-corrected chi connectivity index (χ3v) is 2.60. The van der Waals surface area contributed by atoms with E-state index < -0.39 is 0 Å². The van der Waals surface area contributed by atoms with E-state index in [4.69, 9.17) is 0 Å². The summed E-state index contributed by atoms with van der Waals surface area (Å²) in [5, 5.41) is 15.3. The van der Waals surface area contributed by atoms with Crippen molar-refractivity contribution in [3.05, 3.63) is 30.0 Å². The fourth-order valence-corrected chi connectivity index (χ4v) is 1.91. The summed E-state index contributed by atoms with van der Waals surface area (Å²) in [4.78, 5) is 0. The molecule has 4 nitrogen and oxygen atoms in total. The molecule has 0 unspecified atom stereocenters. The molecule has 1 aromatic carbocycles. The van der Waals surface area contributed by atoms with E-state index in [1.165, 1.54) is 5.39 Å². The smallest absolute Gasteiger partial charge is 0.101 e. The summed E-state index contributed by atoms with van der Waals surface area (Å²) in [5.41, 5.74) is 2.16. The third kappa shape index (κ3) is 1.12. The maximum Gasteiger partial charge on any atom is 0.101 e. The lowest BCUT2D eigenvalue weighted by Crippen LogP contribution is -2.21. The Hall–Kier alpha value is -1.39. The number of rotatable bonds is 1. The molecule has 0 saturated carbocycles. The van der Waals surface area contributed by atoms with Crippen LogP contribution in [0.25, 0.3) is 10.9 Å². The highest BCUT2D eigenvalue weighted by Crippen LogP contribution is 2.20. The lowest BCUT2D eigenvalue weighted by atomic mass is 10.2. The van der Waals surface area contributed by atoms with Gasteiger partial charge in [-0.15, -0.1) is 0 Å². The number of aromatic amines is 1. The van der Waals surface area contributed by atoms with Gasteiger partial charge in [0.25, 0.3) is 0 Å². The molecule has 1 fully saturated rings. The summed E-state index contributed by atoms with van der Waals surface area (Å²) in [7, 11) is 0. The minimum absolute atomic E-state index is 0.224. The van der Waals surface area contributed by atoms with Crippen LogP contribution in [-0.2, 0) is 0 Å². The Kier molecular flexibility index (Phi) is 1.75. The van der Waals surface area contributed by atoms with Crippen LogP contribution in [0.1, 0.15) is 11.9 Å². The lowest BCUT2D eigenvalue weighted by Gasteiger charge is -2.08. The quantitative estimate of drug-likeness (QED) is 0.619. The largest absolute Gasteiger partial charge is 0.296 e. The normalized spacial score (nSPS) is 18.0. The second-order valence-electron chi connectivity index (χ2n) is 3.50. The zero-order valence-corrected chi connectivity index (χ0v) is 7.75. The van der Waals surface area contributed by atoms with Crippen LogP contribution in [0.2, 0.25) is 0 Å². The maximum absolute atomic E-state index is 4.26. The SMILES string of the molecule is c1ccc2c(C3NCCN3)[nH]nc2c1. The van der Waals surface area contributed by atoms with Crippen LogP contribution in [0.5, 0.6) is 0 Å². The molecule has 0 aliphatic carbocycles. The third-order valence-electron chi connectivity index (χ3n) is 2.60. The van der Waals surface area contributed by atoms with Gasteiger partial charge in [-0.2, -0.15) is 5.10 Å². The average Bonchev–Trinajstić information content (AvgIpc) is 2.85. The first kappa shape index (κ1) is 7.96. The second-order valence-corrected chi connectivity index (χ2v) is 3.50. The molecule has 2 heterocycles. The molecule has 3 rings (SSSR count). The molecule has 72 valence electrons. The highest BCUT2D eigenvalue weighted by molar-refractivity contribution is 5.81. The molecule has 2 aromatic rings. The van der Waals surface area contributed by atoms with Crippen LogP contribution in [0.4, 0.5) is 0 Å². The van der Waals surface area contributed by atoms with E-state index in [0.29, 0.717) is 0 Å². The topological polar surface area (TPSA) is 52.7 Å². The highest BCUT2D eigenvalue weighted by atomic mass is 15.2. The minimum atomic E-state index is 0.224. The van der Waals surface area contributed by atoms with Gasteiger partial charge in [-0.1, -0.05) is 18.2 Å². The van der Waals surface area contributed by atoms with Crippen LogP contribution >= 0.6 is 0 Å². The Labute approximate surface area is 81.7 Å². The van der Waals surface area contributed by atoms with Crippen molar-refractivity contribution >= 4 is 10.9 Å². The van der Waals surface area contributed by atoms with Crippen LogP contribution in [0, 0.1) is 0 Å². The van der Waals surface area contributed by atoms with Crippen molar-refractivity contribution in [2.45, 2.75) is 6.17 Å². The standard InChI is InChI=1S/C10H12N4/c1-2-4-8-7(3-1)9(14-13-8)10-11-5-6-12-10/h1-4,10-12H,5-6H2,(H,13,14). The Bertz CT molecular complexity index is 442. The molecule has 0 spiro atoms. The number of nitrogens with one attached hydrogen (secondary N) is 3. The first-order chi connectivity index (χ1) is 6.95. The van der Waals surface area contributed by atoms with E-state index >= 15 is 0 Å². The lowest BCUT2D eigenvalue weighted by molar-refractivity contribution is 0.573. The van der Waals surface area contributed by atoms with Crippen LogP contribution < -0.4 is 10.6 Å². The number of hydrogen-bond acceptors (Lipinski definition) is 3. The zero-order valence-electron chi connectivity index (χ0n) is 7.75. The molecule has 0 atom stereocenters. The van der Waals surface area contributed by atoms with Crippen molar-refractivity contribution in [2.75, 3.05) is 13.1 Å². The van der Waals surface area contributed by atoms with Gasteiger partial charge >= 0.3 is 0 Å². The molecular formula is C10H12N4. The van der Waals surface area contributed by atoms with Crippen LogP contribution in [0.3, 0.4) is 0 Å². The molecule has 1 aliphatic rings. The Morgan fingerprint density at radius 2 is 1.93 bits per heavy atom. The van der Waals surface area contributed by atoms with Crippen molar-refractivity contribution in [3.8, 4) is 0 Å². The van der Waals surface area contributed by atoms with Gasteiger partial charge < -0.3 is 0 Å². The Morgan fingerprint density at radius 3 is 2.79 bits per heavy atom. The minimum Gasteiger partial charge on any atom is -0.296 e. The Morgan fingerprint density at radius 1 is 1.14 bits per heavy atom. The van der Waals surface area contributed by atoms with Gasteiger partial charge in [-0.25, -0.2) is 0 Å². The molecular weight excluding hydrogens is 176 g/mol. The first-order valence-corrected chi connectivity index (χ1v) is 4.85. The highest BCUT2D eigenvalue weighted by Gasteiger charge is 2.19. The predicted octanol–water partition coefficient (Wildman–Crippen LogP) is 0.754. The molecule has 1 saturated heterocycles. The second kappa shape index (κ2) is 3.08. The van der Waals surface area contributed by atoms with E-state index in [0.717, 1.165) is 24.3 Å². The Balaban J connectivity index is 2.11. The van der Waals surface area contributed by atoms with Crippen molar-refractivity contribution in [1.29, 1.82) is 0 Å². The average molecular weight is 188 g/mol. The summed E-state index contributed by atoms with van der Waals surface area (Å²) in [5.74, 6) is 0. The number of para-hydroxylation sites is 1. The molecule has 14 heavy (non-hydrogen) atoms. The molecule has 0 radical (unpaired) electrons. The maximum atomic E-state index is 4.26. The number of H-pyrrole nitrogens is 1. The summed E-state index contributed by atoms with van der Waals surface area (Å²) in [6, 6.07) is 8.15. The summed E-state index contributed by atoms with van der Waals surface area (Å²) >= 11 is 0. The number of nitrogens with zero attached hydrogens (tertiary/aromatic N) is 1. The zero-order chi connectivity index (χ0) is 9.38. The molecule has 3 N–H and O–H groups in total. The van der Waals surface area contributed by atoms with Gasteiger partial charge in [0.15, 0.2) is 0 Å². The van der Waals surface area contributed by atoms with Gasteiger partial charge in [-0.05, 0) is 6.07 Å². The van der Waals surface area contributed by atoms with E-state index in [1.54, 1.807) is 0 Å². The van der Waals surface area contributed by atoms with E-state index in [-0.39, 0.29) is 6.17 Å². The summed E-state index contributed by atoms with van der Waals surface area (Å²) < 4.78 is 0. The fourth-order valence-electron chi connectivity index (χ4n) is 1.91. The van der Waals surface area contributed by atoms with Gasteiger partial charge in [-0.3, -0.25) is 15.7 Å². The number of benzene rings is 1. The van der Waals surface area contributed by atoms with Crippen LogP contribution in [-0.4, -0.2) is 23.3 Å². The molecule has 0 bridgehead atoms.